The molecule has 0 atom stereocenters. The first-order chi connectivity index (χ1) is 9.06. The number of hydrogen-bond donors (Lipinski definition) is 2. The summed E-state index contributed by atoms with van der Waals surface area (Å²) in [6.45, 7) is 2.01. The maximum Gasteiger partial charge on any atom is 0.335 e. The fraction of sp³-hybridized carbons (Fsp3) is 0.0625. The Kier molecular flexibility index (Phi) is 3.66. The van der Waals surface area contributed by atoms with Crippen molar-refractivity contribution in [3.05, 3.63) is 65.2 Å². The van der Waals surface area contributed by atoms with E-state index in [1.807, 2.05) is 37.3 Å². The normalized spacial score (nSPS) is 11.3. The second-order valence-corrected chi connectivity index (χ2v) is 4.38. The van der Waals surface area contributed by atoms with Crippen molar-refractivity contribution in [1.29, 1.82) is 0 Å². The second-order valence-electron chi connectivity index (χ2n) is 4.38. The number of nitrogen functional groups attached to an aromatic ring is 1. The van der Waals surface area contributed by atoms with Gasteiger partial charge in [0.05, 0.1) is 5.56 Å². The van der Waals surface area contributed by atoms with E-state index < -0.39 is 5.97 Å². The van der Waals surface area contributed by atoms with Crippen LogP contribution in [0.3, 0.4) is 0 Å². The summed E-state index contributed by atoms with van der Waals surface area (Å²) in [5.74, 6) is -0.911. The summed E-state index contributed by atoms with van der Waals surface area (Å²) in [7, 11) is 0. The molecule has 0 amide bonds. The average Bonchev–Trinajstić information content (AvgIpc) is 2.40. The molecule has 96 valence electrons. The van der Waals surface area contributed by atoms with Gasteiger partial charge in [0.25, 0.3) is 0 Å². The molecule has 3 N–H and O–H groups in total. The van der Waals surface area contributed by atoms with Crippen molar-refractivity contribution in [2.45, 2.75) is 6.92 Å². The zero-order valence-electron chi connectivity index (χ0n) is 10.6. The van der Waals surface area contributed by atoms with Crippen molar-refractivity contribution in [3.63, 3.8) is 0 Å². The molecule has 3 nitrogen and oxygen atoms in total. The lowest BCUT2D eigenvalue weighted by molar-refractivity contribution is 0.0697. The van der Waals surface area contributed by atoms with Crippen molar-refractivity contribution in [2.24, 2.45) is 0 Å². The highest BCUT2D eigenvalue weighted by molar-refractivity contribution is 5.88. The van der Waals surface area contributed by atoms with Crippen LogP contribution >= 0.6 is 0 Å². The Balaban J connectivity index is 2.25. The number of carboxylic acids is 1. The molecule has 0 saturated heterocycles. The van der Waals surface area contributed by atoms with E-state index in [0.29, 0.717) is 5.56 Å². The minimum Gasteiger partial charge on any atom is -0.478 e. The lowest BCUT2D eigenvalue weighted by atomic mass is 10.0. The van der Waals surface area contributed by atoms with Gasteiger partial charge in [-0.25, -0.2) is 4.79 Å². The molecule has 0 spiro atoms. The van der Waals surface area contributed by atoms with Crippen LogP contribution in [0.1, 0.15) is 28.4 Å². The van der Waals surface area contributed by atoms with E-state index in [1.54, 1.807) is 24.3 Å². The quantitative estimate of drug-likeness (QED) is 0.649. The van der Waals surface area contributed by atoms with Gasteiger partial charge < -0.3 is 10.8 Å². The predicted molar refractivity (Wildman–Crippen MR) is 77.8 cm³/mol. The largest absolute Gasteiger partial charge is 0.478 e. The van der Waals surface area contributed by atoms with E-state index in [-0.39, 0.29) is 0 Å². The van der Waals surface area contributed by atoms with E-state index in [4.69, 9.17) is 10.8 Å². The summed E-state index contributed by atoms with van der Waals surface area (Å²) < 4.78 is 0. The number of aromatic carboxylic acids is 1. The molecule has 0 saturated carbocycles. The van der Waals surface area contributed by atoms with E-state index >= 15 is 0 Å². The highest BCUT2D eigenvalue weighted by Crippen LogP contribution is 2.19. The number of anilines is 1. The van der Waals surface area contributed by atoms with Crippen LogP contribution < -0.4 is 5.73 Å². The number of carbonyl (C=O) groups is 1. The Morgan fingerprint density at radius 1 is 1.00 bits per heavy atom. The maximum atomic E-state index is 10.8. The van der Waals surface area contributed by atoms with Crippen LogP contribution in [0.15, 0.2) is 48.5 Å². The number of nitrogens with two attached hydrogens (primary N) is 1. The van der Waals surface area contributed by atoms with Crippen LogP contribution in [-0.4, -0.2) is 11.1 Å². The van der Waals surface area contributed by atoms with Gasteiger partial charge in [0.1, 0.15) is 0 Å². The van der Waals surface area contributed by atoms with Gasteiger partial charge in [-0.2, -0.15) is 0 Å². The zero-order valence-corrected chi connectivity index (χ0v) is 10.6. The van der Waals surface area contributed by atoms with Crippen molar-refractivity contribution >= 4 is 23.3 Å². The van der Waals surface area contributed by atoms with Crippen LogP contribution in [0, 0.1) is 0 Å². The number of allylic oxidation sites excluding steroid dienone is 1. The predicted octanol–water partition coefficient (Wildman–Crippen LogP) is 3.53. The zero-order chi connectivity index (χ0) is 13.8. The number of benzene rings is 2. The third-order valence-electron chi connectivity index (χ3n) is 2.91. The molecule has 0 aliphatic carbocycles. The molecule has 0 aliphatic rings. The lowest BCUT2D eigenvalue weighted by Gasteiger charge is -2.03. The van der Waals surface area contributed by atoms with Gasteiger partial charge in [-0.3, -0.25) is 0 Å². The summed E-state index contributed by atoms with van der Waals surface area (Å²) in [6.07, 6.45) is 2.01. The van der Waals surface area contributed by atoms with Gasteiger partial charge in [0.2, 0.25) is 0 Å². The fourth-order valence-corrected chi connectivity index (χ4v) is 1.80. The Hall–Kier alpha value is -2.55. The second kappa shape index (κ2) is 5.40. The molecule has 0 fully saturated rings. The summed E-state index contributed by atoms with van der Waals surface area (Å²) >= 11 is 0. The molecular formula is C16H15NO2. The first-order valence-electron chi connectivity index (χ1n) is 5.94. The van der Waals surface area contributed by atoms with Gasteiger partial charge in [-0.15, -0.1) is 0 Å². The van der Waals surface area contributed by atoms with Gasteiger partial charge in [0.15, 0.2) is 0 Å². The van der Waals surface area contributed by atoms with Crippen LogP contribution in [0.25, 0.3) is 11.6 Å². The monoisotopic (exact) mass is 253 g/mol. The molecular weight excluding hydrogens is 238 g/mol. The van der Waals surface area contributed by atoms with E-state index in [9.17, 15) is 4.79 Å². The molecule has 0 heterocycles. The number of hydrogen-bond acceptors (Lipinski definition) is 2. The highest BCUT2D eigenvalue weighted by Gasteiger charge is 2.01. The molecule has 19 heavy (non-hydrogen) atoms. The number of rotatable bonds is 3. The van der Waals surface area contributed by atoms with Crippen molar-refractivity contribution in [3.8, 4) is 0 Å². The Bertz CT molecular complexity index is 610. The first kappa shape index (κ1) is 12.9. The Morgan fingerprint density at radius 3 is 2.05 bits per heavy atom. The van der Waals surface area contributed by atoms with Crippen molar-refractivity contribution < 1.29 is 9.90 Å². The van der Waals surface area contributed by atoms with Crippen LogP contribution in [0.4, 0.5) is 5.69 Å². The van der Waals surface area contributed by atoms with Gasteiger partial charge in [0, 0.05) is 5.69 Å². The minimum absolute atomic E-state index is 0.294. The summed E-state index contributed by atoms with van der Waals surface area (Å²) in [4.78, 5) is 10.8. The van der Waals surface area contributed by atoms with Crippen LogP contribution in [-0.2, 0) is 0 Å². The van der Waals surface area contributed by atoms with E-state index in [2.05, 4.69) is 0 Å². The molecule has 0 aromatic heterocycles. The number of carboxylic acid groups (broad SMARTS) is 1. The first-order valence-corrected chi connectivity index (χ1v) is 5.94. The third kappa shape index (κ3) is 3.22. The highest BCUT2D eigenvalue weighted by atomic mass is 16.4. The standard InChI is InChI=1S/C16H15NO2/c1-11(13-6-8-15(17)9-7-13)10-12-2-4-14(5-3-12)16(18)19/h2-10H,17H2,1H3,(H,18,19). The fourth-order valence-electron chi connectivity index (χ4n) is 1.80. The molecule has 3 heteroatoms. The van der Waals surface area contributed by atoms with Crippen molar-refractivity contribution in [1.82, 2.24) is 0 Å². The molecule has 0 bridgehead atoms. The van der Waals surface area contributed by atoms with E-state index in [0.717, 1.165) is 22.4 Å². The molecule has 2 rings (SSSR count). The van der Waals surface area contributed by atoms with Crippen LogP contribution in [0.5, 0.6) is 0 Å². The van der Waals surface area contributed by atoms with Gasteiger partial charge >= 0.3 is 5.97 Å². The third-order valence-corrected chi connectivity index (χ3v) is 2.91. The molecule has 0 aliphatic heterocycles. The summed E-state index contributed by atoms with van der Waals surface area (Å²) in [5.41, 5.74) is 9.85. The molecule has 0 unspecified atom stereocenters. The van der Waals surface area contributed by atoms with E-state index in [1.165, 1.54) is 0 Å². The average molecular weight is 253 g/mol. The van der Waals surface area contributed by atoms with Crippen LogP contribution in [0.2, 0.25) is 0 Å². The maximum absolute atomic E-state index is 10.8. The molecule has 0 radical (unpaired) electrons. The van der Waals surface area contributed by atoms with Crippen molar-refractivity contribution in [2.75, 3.05) is 5.73 Å². The molecule has 2 aromatic rings. The van der Waals surface area contributed by atoms with Gasteiger partial charge in [-0.05, 0) is 47.9 Å². The summed E-state index contributed by atoms with van der Waals surface area (Å²) in [5, 5.41) is 8.83. The Morgan fingerprint density at radius 2 is 1.53 bits per heavy atom. The Labute approximate surface area is 112 Å². The van der Waals surface area contributed by atoms with Gasteiger partial charge in [-0.1, -0.05) is 30.3 Å². The smallest absolute Gasteiger partial charge is 0.335 e. The minimum atomic E-state index is -0.911. The SMILES string of the molecule is CC(=Cc1ccc(C(=O)O)cc1)c1ccc(N)cc1. The topological polar surface area (TPSA) is 63.3 Å². The lowest BCUT2D eigenvalue weighted by Crippen LogP contribution is -1.94. The molecule has 2 aromatic carbocycles. The summed E-state index contributed by atoms with van der Waals surface area (Å²) in [6, 6.07) is 14.4.